The van der Waals surface area contributed by atoms with Crippen molar-refractivity contribution in [2.45, 2.75) is 19.4 Å². The van der Waals surface area contributed by atoms with E-state index in [-0.39, 0.29) is 5.91 Å². The predicted molar refractivity (Wildman–Crippen MR) is 80.8 cm³/mol. The normalized spacial score (nSPS) is 10.2. The maximum Gasteiger partial charge on any atom is 0.220 e. The molecule has 19 heavy (non-hydrogen) atoms. The molecule has 2 nitrogen and oxygen atoms in total. The Morgan fingerprint density at radius 3 is 2.32 bits per heavy atom. The lowest BCUT2D eigenvalue weighted by Gasteiger charge is -2.05. The minimum absolute atomic E-state index is 0.0896. The van der Waals surface area contributed by atoms with E-state index < -0.39 is 0 Å². The SMILES string of the molecule is O=C(CCc1ccc(Br)cc1)NCc1ccccc1. The summed E-state index contributed by atoms with van der Waals surface area (Å²) in [6, 6.07) is 18.0. The van der Waals surface area contributed by atoms with Crippen LogP contribution in [0.2, 0.25) is 0 Å². The largest absolute Gasteiger partial charge is 0.352 e. The Morgan fingerprint density at radius 1 is 0.947 bits per heavy atom. The minimum atomic E-state index is 0.0896. The van der Waals surface area contributed by atoms with Crippen molar-refractivity contribution in [3.05, 3.63) is 70.2 Å². The zero-order chi connectivity index (χ0) is 13.5. The Bertz CT molecular complexity index is 522. The fourth-order valence-corrected chi connectivity index (χ4v) is 2.06. The summed E-state index contributed by atoms with van der Waals surface area (Å²) in [5.74, 6) is 0.0896. The number of hydrogen-bond donors (Lipinski definition) is 1. The third-order valence-corrected chi connectivity index (χ3v) is 3.42. The highest BCUT2D eigenvalue weighted by molar-refractivity contribution is 9.10. The molecule has 1 N–H and O–H groups in total. The van der Waals surface area contributed by atoms with Gasteiger partial charge in [0.2, 0.25) is 5.91 Å². The zero-order valence-corrected chi connectivity index (χ0v) is 12.2. The summed E-state index contributed by atoms with van der Waals surface area (Å²) in [7, 11) is 0. The van der Waals surface area contributed by atoms with E-state index in [1.165, 1.54) is 5.56 Å². The molecule has 0 fully saturated rings. The molecule has 0 aliphatic rings. The van der Waals surface area contributed by atoms with E-state index in [9.17, 15) is 4.79 Å². The molecule has 0 aromatic heterocycles. The maximum atomic E-state index is 11.7. The number of rotatable bonds is 5. The first kappa shape index (κ1) is 13.8. The Morgan fingerprint density at radius 2 is 1.63 bits per heavy atom. The van der Waals surface area contributed by atoms with Crippen molar-refractivity contribution in [1.82, 2.24) is 5.32 Å². The molecule has 2 rings (SSSR count). The topological polar surface area (TPSA) is 29.1 Å². The smallest absolute Gasteiger partial charge is 0.220 e. The molecule has 3 heteroatoms. The lowest BCUT2D eigenvalue weighted by atomic mass is 10.1. The van der Waals surface area contributed by atoms with Crippen molar-refractivity contribution in [2.24, 2.45) is 0 Å². The number of benzene rings is 2. The summed E-state index contributed by atoms with van der Waals surface area (Å²) < 4.78 is 1.06. The van der Waals surface area contributed by atoms with Gasteiger partial charge in [-0.25, -0.2) is 0 Å². The fourth-order valence-electron chi connectivity index (χ4n) is 1.79. The van der Waals surface area contributed by atoms with Crippen LogP contribution in [0.4, 0.5) is 0 Å². The van der Waals surface area contributed by atoms with Gasteiger partial charge < -0.3 is 5.32 Å². The summed E-state index contributed by atoms with van der Waals surface area (Å²) in [5, 5.41) is 2.93. The van der Waals surface area contributed by atoms with Crippen molar-refractivity contribution in [2.75, 3.05) is 0 Å². The number of halogens is 1. The molecule has 0 heterocycles. The third kappa shape index (κ3) is 4.87. The minimum Gasteiger partial charge on any atom is -0.352 e. The van der Waals surface area contributed by atoms with Crippen molar-refractivity contribution in [3.63, 3.8) is 0 Å². The Kier molecular flexibility index (Phi) is 5.16. The molecule has 1 amide bonds. The van der Waals surface area contributed by atoms with Crippen LogP contribution in [0.25, 0.3) is 0 Å². The molecule has 0 aliphatic carbocycles. The van der Waals surface area contributed by atoms with E-state index in [0.717, 1.165) is 16.5 Å². The van der Waals surface area contributed by atoms with E-state index in [1.54, 1.807) is 0 Å². The number of carbonyl (C=O) groups is 1. The summed E-state index contributed by atoms with van der Waals surface area (Å²) in [4.78, 5) is 11.7. The van der Waals surface area contributed by atoms with Crippen molar-refractivity contribution in [3.8, 4) is 0 Å². The molecule has 0 saturated carbocycles. The molecule has 2 aromatic carbocycles. The third-order valence-electron chi connectivity index (χ3n) is 2.89. The molecule has 0 aliphatic heterocycles. The first-order valence-electron chi connectivity index (χ1n) is 6.29. The van der Waals surface area contributed by atoms with Crippen LogP contribution in [0.3, 0.4) is 0 Å². The number of aryl methyl sites for hydroxylation is 1. The van der Waals surface area contributed by atoms with Gasteiger partial charge in [-0.15, -0.1) is 0 Å². The second-order valence-electron chi connectivity index (χ2n) is 4.39. The lowest BCUT2D eigenvalue weighted by molar-refractivity contribution is -0.121. The van der Waals surface area contributed by atoms with E-state index in [0.29, 0.717) is 13.0 Å². The lowest BCUT2D eigenvalue weighted by Crippen LogP contribution is -2.22. The van der Waals surface area contributed by atoms with Gasteiger partial charge in [0.25, 0.3) is 0 Å². The highest BCUT2D eigenvalue weighted by Gasteiger charge is 2.02. The first-order chi connectivity index (χ1) is 9.24. The number of amides is 1. The Hall–Kier alpha value is -1.61. The van der Waals surface area contributed by atoms with Crippen LogP contribution in [-0.4, -0.2) is 5.91 Å². The summed E-state index contributed by atoms with van der Waals surface area (Å²) in [5.41, 5.74) is 2.30. The molecule has 0 spiro atoms. The fraction of sp³-hybridized carbons (Fsp3) is 0.188. The highest BCUT2D eigenvalue weighted by atomic mass is 79.9. The quantitative estimate of drug-likeness (QED) is 0.895. The van der Waals surface area contributed by atoms with Crippen LogP contribution in [0.5, 0.6) is 0 Å². The van der Waals surface area contributed by atoms with Gasteiger partial charge in [-0.3, -0.25) is 4.79 Å². The van der Waals surface area contributed by atoms with Crippen molar-refractivity contribution in [1.29, 1.82) is 0 Å². The number of nitrogens with one attached hydrogen (secondary N) is 1. The van der Waals surface area contributed by atoms with Gasteiger partial charge in [-0.2, -0.15) is 0 Å². The molecule has 2 aromatic rings. The maximum absolute atomic E-state index is 11.7. The first-order valence-corrected chi connectivity index (χ1v) is 7.08. The van der Waals surface area contributed by atoms with E-state index in [1.807, 2.05) is 54.6 Å². The van der Waals surface area contributed by atoms with Gasteiger partial charge in [-0.1, -0.05) is 58.4 Å². The number of carbonyl (C=O) groups excluding carboxylic acids is 1. The van der Waals surface area contributed by atoms with Gasteiger partial charge in [0, 0.05) is 17.4 Å². The van der Waals surface area contributed by atoms with Gasteiger partial charge >= 0.3 is 0 Å². The molecule has 0 radical (unpaired) electrons. The van der Waals surface area contributed by atoms with Gasteiger partial charge in [0.05, 0.1) is 0 Å². The standard InChI is InChI=1S/C16H16BrNO/c17-15-9-6-13(7-10-15)8-11-16(19)18-12-14-4-2-1-3-5-14/h1-7,9-10H,8,11-12H2,(H,18,19). The Balaban J connectivity index is 1.74. The summed E-state index contributed by atoms with van der Waals surface area (Å²) in [6.07, 6.45) is 1.29. The molecular weight excluding hydrogens is 302 g/mol. The average Bonchev–Trinajstić information content (AvgIpc) is 2.45. The van der Waals surface area contributed by atoms with Crippen LogP contribution in [0, 0.1) is 0 Å². The molecule has 98 valence electrons. The predicted octanol–water partition coefficient (Wildman–Crippen LogP) is 3.70. The van der Waals surface area contributed by atoms with Gasteiger partial charge in [-0.05, 0) is 29.7 Å². The molecule has 0 bridgehead atoms. The molecule has 0 atom stereocenters. The molecule has 0 unspecified atom stereocenters. The summed E-state index contributed by atoms with van der Waals surface area (Å²) in [6.45, 7) is 0.597. The van der Waals surface area contributed by atoms with Crippen molar-refractivity contribution < 1.29 is 4.79 Å². The molecular formula is C16H16BrNO. The summed E-state index contributed by atoms with van der Waals surface area (Å²) >= 11 is 3.40. The van der Waals surface area contributed by atoms with Gasteiger partial charge in [0.1, 0.15) is 0 Å². The van der Waals surface area contributed by atoms with E-state index in [2.05, 4.69) is 21.2 Å². The highest BCUT2D eigenvalue weighted by Crippen LogP contribution is 2.11. The molecule has 0 saturated heterocycles. The second-order valence-corrected chi connectivity index (χ2v) is 5.30. The van der Waals surface area contributed by atoms with Crippen LogP contribution in [0.15, 0.2) is 59.1 Å². The Labute approximate surface area is 122 Å². The van der Waals surface area contributed by atoms with E-state index in [4.69, 9.17) is 0 Å². The second kappa shape index (κ2) is 7.10. The van der Waals surface area contributed by atoms with E-state index >= 15 is 0 Å². The average molecular weight is 318 g/mol. The van der Waals surface area contributed by atoms with Crippen LogP contribution in [0.1, 0.15) is 17.5 Å². The number of hydrogen-bond acceptors (Lipinski definition) is 1. The zero-order valence-electron chi connectivity index (χ0n) is 10.6. The van der Waals surface area contributed by atoms with Crippen LogP contribution >= 0.6 is 15.9 Å². The van der Waals surface area contributed by atoms with Crippen molar-refractivity contribution >= 4 is 21.8 Å². The van der Waals surface area contributed by atoms with Gasteiger partial charge in [0.15, 0.2) is 0 Å². The van der Waals surface area contributed by atoms with Crippen LogP contribution in [-0.2, 0) is 17.8 Å². The monoisotopic (exact) mass is 317 g/mol. The van der Waals surface area contributed by atoms with Crippen LogP contribution < -0.4 is 5.32 Å².